The van der Waals surface area contributed by atoms with Crippen LogP contribution in [0.25, 0.3) is 90.4 Å². The number of fused-ring (bicyclic) bond motifs is 20. The Kier molecular flexibility index (Phi) is 13.7. The van der Waals surface area contributed by atoms with Crippen LogP contribution in [0.2, 0.25) is 0 Å². The average Bonchev–Trinajstić information content (AvgIpc) is 4.06. The highest BCUT2D eigenvalue weighted by Gasteiger charge is 2.33. The molecule has 5 heterocycles. The number of benzene rings is 4. The molecule has 0 fully saturated rings. The first-order chi connectivity index (χ1) is 33.4. The van der Waals surface area contributed by atoms with Crippen molar-refractivity contribution in [2.75, 3.05) is 81.6 Å². The monoisotopic (exact) mass is 1010 g/mol. The van der Waals surface area contributed by atoms with E-state index in [1.807, 2.05) is 81.3 Å². The minimum absolute atomic E-state index is 0.00151. The molecule has 9 rings (SSSR count). The number of sulfonamides is 3. The molecule has 2 aromatic heterocycles. The van der Waals surface area contributed by atoms with Crippen molar-refractivity contribution in [3.63, 3.8) is 0 Å². The lowest BCUT2D eigenvalue weighted by Crippen LogP contribution is -2.27. The van der Waals surface area contributed by atoms with Crippen molar-refractivity contribution >= 4 is 52.1 Å². The Labute approximate surface area is 406 Å². The first-order valence-corrected chi connectivity index (χ1v) is 27.1. The summed E-state index contributed by atoms with van der Waals surface area (Å²) in [4.78, 5) is 42.0. The predicted octanol–water partition coefficient (Wildman–Crippen LogP) is 4.46. The molecule has 5 N–H and O–H groups in total. The SMILES string of the molecule is CN(C)CCCNS(=O)(=O)c1cccc2c1-c1nc3nc([nH]c4[nH]c(nc5nc(nc-2n1)-c1c-5cccc1S(=O)(=O)NCCCN(C)C)c1c(S(=O)(=O)NCCCN(C)C)cccc41)-c1ccccc1-3. The summed E-state index contributed by atoms with van der Waals surface area (Å²) in [7, 11) is -1.06. The van der Waals surface area contributed by atoms with Crippen LogP contribution in [0.5, 0.6) is 0 Å². The molecule has 3 aliphatic heterocycles. The van der Waals surface area contributed by atoms with Gasteiger partial charge in [0.1, 0.15) is 17.1 Å². The molecule has 0 spiro atoms. The van der Waals surface area contributed by atoms with E-state index in [1.165, 1.54) is 18.2 Å². The van der Waals surface area contributed by atoms with E-state index in [0.717, 1.165) is 0 Å². The molecule has 0 amide bonds. The molecule has 23 heteroatoms. The molecular weight excluding hydrogens is 953 g/mol. The minimum Gasteiger partial charge on any atom is -0.325 e. The molecule has 0 saturated heterocycles. The van der Waals surface area contributed by atoms with Gasteiger partial charge < -0.3 is 24.7 Å². The van der Waals surface area contributed by atoms with Gasteiger partial charge in [0.2, 0.25) is 30.1 Å². The zero-order valence-corrected chi connectivity index (χ0v) is 42.0. The first-order valence-electron chi connectivity index (χ1n) is 22.7. The van der Waals surface area contributed by atoms with E-state index in [0.29, 0.717) is 72.4 Å². The number of rotatable bonds is 18. The summed E-state index contributed by atoms with van der Waals surface area (Å²) in [5.74, 6) is 0.520. The van der Waals surface area contributed by atoms with E-state index in [4.69, 9.17) is 29.9 Å². The van der Waals surface area contributed by atoms with Crippen molar-refractivity contribution in [3.05, 3.63) is 78.9 Å². The van der Waals surface area contributed by atoms with Crippen LogP contribution >= 0.6 is 0 Å². The van der Waals surface area contributed by atoms with Crippen LogP contribution in [0.1, 0.15) is 19.3 Å². The van der Waals surface area contributed by atoms with Crippen LogP contribution in [0.3, 0.4) is 0 Å². The van der Waals surface area contributed by atoms with Gasteiger partial charge in [0.05, 0.1) is 25.8 Å². The van der Waals surface area contributed by atoms with E-state index in [-0.39, 0.29) is 91.2 Å². The standard InChI is InChI=1S/C47H54N14O6S3/c1-59(2)26-12-23-48-68(62,63)34-20-9-17-31-37(34)46-54-42(31)52-40-29-15-7-8-16-30(29)41(51-40)53-45-38-32(18-10-21-35(38)69(64,65)49-24-13-27-60(3)4)43(55-45)57-47-39-33(44(56-46)58-47)19-11-22-36(39)70(66,67)50-25-14-28-61(5)6/h7-11,15-22,48-50H,12-14,23-28H2,1-6H3,(H2,51,52,53,54,55,56,57,58). The predicted molar refractivity (Wildman–Crippen MR) is 269 cm³/mol. The summed E-state index contributed by atoms with van der Waals surface area (Å²) in [6.07, 6.45) is 1.65. The average molecular weight is 1010 g/mol. The number of nitrogens with one attached hydrogen (secondary N) is 5. The third-order valence-corrected chi connectivity index (χ3v) is 16.3. The second kappa shape index (κ2) is 19.6. The molecule has 4 aromatic carbocycles. The van der Waals surface area contributed by atoms with Crippen molar-refractivity contribution in [2.24, 2.45) is 0 Å². The second-order valence-corrected chi connectivity index (χ2v) is 23.1. The van der Waals surface area contributed by atoms with Crippen LogP contribution in [-0.2, 0) is 30.1 Å². The fourth-order valence-corrected chi connectivity index (χ4v) is 12.4. The van der Waals surface area contributed by atoms with Gasteiger partial charge in [-0.2, -0.15) is 0 Å². The van der Waals surface area contributed by atoms with E-state index >= 15 is 0 Å². The van der Waals surface area contributed by atoms with Crippen molar-refractivity contribution in [2.45, 2.75) is 33.9 Å². The summed E-state index contributed by atoms with van der Waals surface area (Å²) >= 11 is 0. The molecule has 366 valence electrons. The minimum atomic E-state index is -4.22. The highest BCUT2D eigenvalue weighted by Crippen LogP contribution is 2.43. The highest BCUT2D eigenvalue weighted by atomic mass is 32.2. The normalized spacial score (nSPS) is 13.0. The van der Waals surface area contributed by atoms with Gasteiger partial charge in [0.15, 0.2) is 29.1 Å². The smallest absolute Gasteiger partial charge is 0.241 e. The highest BCUT2D eigenvalue weighted by molar-refractivity contribution is 7.90. The van der Waals surface area contributed by atoms with Gasteiger partial charge in [-0.05, 0) is 99.4 Å². The van der Waals surface area contributed by atoms with Crippen LogP contribution in [0.15, 0.2) is 93.5 Å². The maximum absolute atomic E-state index is 14.3. The lowest BCUT2D eigenvalue weighted by molar-refractivity contribution is 0.400. The topological polar surface area (TPSA) is 257 Å². The Balaban J connectivity index is 1.35. The molecule has 0 radical (unpaired) electrons. The quantitative estimate of drug-likeness (QED) is 0.0744. The van der Waals surface area contributed by atoms with Crippen molar-refractivity contribution in [1.82, 2.24) is 68.7 Å². The third kappa shape index (κ3) is 9.80. The summed E-state index contributed by atoms with van der Waals surface area (Å²) in [5.41, 5.74) is 2.60. The van der Waals surface area contributed by atoms with Gasteiger partial charge in [0.25, 0.3) is 0 Å². The van der Waals surface area contributed by atoms with Gasteiger partial charge in [-0.15, -0.1) is 0 Å². The number of nitrogens with zero attached hydrogens (tertiary/aromatic N) is 9. The Hall–Kier alpha value is -6.15. The molecule has 20 nitrogen and oxygen atoms in total. The first kappa shape index (κ1) is 48.9. The maximum atomic E-state index is 14.3. The zero-order chi connectivity index (χ0) is 49.5. The fraction of sp³-hybridized carbons (Fsp3) is 0.319. The third-order valence-electron chi connectivity index (χ3n) is 11.8. The molecule has 3 aliphatic rings. The number of aromatic nitrogens is 8. The largest absolute Gasteiger partial charge is 0.325 e. The molecule has 0 atom stereocenters. The summed E-state index contributed by atoms with van der Waals surface area (Å²) in [5, 5.41) is 0.699. The van der Waals surface area contributed by atoms with Crippen molar-refractivity contribution in [3.8, 4) is 68.3 Å². The van der Waals surface area contributed by atoms with Crippen LogP contribution in [0.4, 0.5) is 0 Å². The molecule has 6 aromatic rings. The number of H-pyrrole nitrogens is 2. The van der Waals surface area contributed by atoms with Crippen molar-refractivity contribution < 1.29 is 25.3 Å². The Morgan fingerprint density at radius 3 is 1.36 bits per heavy atom. The lowest BCUT2D eigenvalue weighted by atomic mass is 10.1. The molecule has 70 heavy (non-hydrogen) atoms. The van der Waals surface area contributed by atoms with Crippen LogP contribution in [-0.4, -0.2) is 161 Å². The molecular formula is C47H54N14O6S3. The Morgan fingerprint density at radius 1 is 0.443 bits per heavy atom. The van der Waals surface area contributed by atoms with Gasteiger partial charge in [-0.1, -0.05) is 60.7 Å². The number of hydrogen-bond donors (Lipinski definition) is 5. The maximum Gasteiger partial charge on any atom is 0.241 e. The molecule has 8 bridgehead atoms. The van der Waals surface area contributed by atoms with E-state index in [1.54, 1.807) is 36.4 Å². The van der Waals surface area contributed by atoms with Gasteiger partial charge >= 0.3 is 0 Å². The van der Waals surface area contributed by atoms with E-state index in [9.17, 15) is 25.3 Å². The summed E-state index contributed by atoms with van der Waals surface area (Å²) in [6, 6.07) is 21.7. The van der Waals surface area contributed by atoms with Gasteiger partial charge in [0, 0.05) is 52.7 Å². The van der Waals surface area contributed by atoms with Gasteiger partial charge in [-0.25, -0.2) is 69.3 Å². The van der Waals surface area contributed by atoms with Crippen LogP contribution in [0, 0.1) is 0 Å². The van der Waals surface area contributed by atoms with Crippen molar-refractivity contribution in [1.29, 1.82) is 0 Å². The zero-order valence-electron chi connectivity index (χ0n) is 39.6. The summed E-state index contributed by atoms with van der Waals surface area (Å²) in [6.45, 7) is 2.46. The lowest BCUT2D eigenvalue weighted by Gasteiger charge is -2.13. The summed E-state index contributed by atoms with van der Waals surface area (Å²) < 4.78 is 93.8. The van der Waals surface area contributed by atoms with Crippen LogP contribution < -0.4 is 14.2 Å². The van der Waals surface area contributed by atoms with E-state index < -0.39 is 30.1 Å². The van der Waals surface area contributed by atoms with Gasteiger partial charge in [-0.3, -0.25) is 0 Å². The van der Waals surface area contributed by atoms with E-state index in [2.05, 4.69) is 24.1 Å². The Morgan fingerprint density at radius 2 is 0.857 bits per heavy atom. The second-order valence-electron chi connectivity index (χ2n) is 17.9. The molecule has 0 aliphatic carbocycles. The molecule has 0 saturated carbocycles. The number of aromatic amines is 2. The number of hydrogen-bond acceptors (Lipinski definition) is 15. The Bertz CT molecular complexity index is 3580. The fourth-order valence-electron chi connectivity index (χ4n) is 8.50. The molecule has 0 unspecified atom stereocenters.